The lowest BCUT2D eigenvalue weighted by atomic mass is 9.96. The molecule has 1 aliphatic rings. The Hall–Kier alpha value is -4.66. The molecule has 0 radical (unpaired) electrons. The van der Waals surface area contributed by atoms with Gasteiger partial charge in [0.2, 0.25) is 0 Å². The minimum absolute atomic E-state index is 0.156. The third kappa shape index (κ3) is 4.18. The molecule has 0 saturated heterocycles. The summed E-state index contributed by atoms with van der Waals surface area (Å²) in [6.45, 7) is 2.96. The van der Waals surface area contributed by atoms with E-state index in [1.807, 2.05) is 55.5 Å². The first-order valence-corrected chi connectivity index (χ1v) is 12.2. The number of hydrogen-bond acceptors (Lipinski definition) is 4. The SMILES string of the molecule is CCc1cc(O)c(F)cc1-c1ccc2c(-c3nc4c([nH]3)CCN(C(=O)Nc3ccccc3)C4)n[nH]c2c1. The summed E-state index contributed by atoms with van der Waals surface area (Å²) in [4.78, 5) is 22.7. The highest BCUT2D eigenvalue weighted by atomic mass is 19.1. The number of aromatic amines is 2. The maximum absolute atomic E-state index is 14.1. The average molecular weight is 497 g/mol. The minimum Gasteiger partial charge on any atom is -0.505 e. The number of H-pyrrole nitrogens is 2. The Morgan fingerprint density at radius 2 is 2.00 bits per heavy atom. The predicted octanol–water partition coefficient (Wildman–Crippen LogP) is 5.62. The normalized spacial score (nSPS) is 13.1. The van der Waals surface area contributed by atoms with Crippen molar-refractivity contribution in [3.8, 4) is 28.4 Å². The van der Waals surface area contributed by atoms with Crippen molar-refractivity contribution in [3.05, 3.63) is 83.4 Å². The highest BCUT2D eigenvalue weighted by molar-refractivity contribution is 5.94. The molecule has 3 aromatic carbocycles. The number of aryl methyl sites for hydroxylation is 1. The van der Waals surface area contributed by atoms with Gasteiger partial charge in [-0.05, 0) is 59.5 Å². The zero-order chi connectivity index (χ0) is 25.5. The zero-order valence-corrected chi connectivity index (χ0v) is 20.2. The number of para-hydroxylation sites is 1. The lowest BCUT2D eigenvalue weighted by Gasteiger charge is -2.26. The molecule has 37 heavy (non-hydrogen) atoms. The second-order valence-corrected chi connectivity index (χ2v) is 9.13. The van der Waals surface area contributed by atoms with Gasteiger partial charge < -0.3 is 20.3 Å². The maximum atomic E-state index is 14.1. The fourth-order valence-electron chi connectivity index (χ4n) is 4.83. The third-order valence-corrected chi connectivity index (χ3v) is 6.80. The van der Waals surface area contributed by atoms with Crippen LogP contribution in [-0.2, 0) is 19.4 Å². The van der Waals surface area contributed by atoms with Crippen LogP contribution in [0.3, 0.4) is 0 Å². The van der Waals surface area contributed by atoms with Gasteiger partial charge in [0.05, 0.1) is 17.8 Å². The number of halogens is 1. The number of amides is 2. The maximum Gasteiger partial charge on any atom is 0.322 e. The number of carbonyl (C=O) groups excluding carboxylic acids is 1. The second-order valence-electron chi connectivity index (χ2n) is 9.13. The Kier molecular flexibility index (Phi) is 5.60. The van der Waals surface area contributed by atoms with Crippen LogP contribution in [0.4, 0.5) is 14.9 Å². The largest absolute Gasteiger partial charge is 0.505 e. The van der Waals surface area contributed by atoms with E-state index >= 15 is 0 Å². The van der Waals surface area contributed by atoms with Crippen LogP contribution in [0.15, 0.2) is 60.7 Å². The minimum atomic E-state index is -0.648. The van der Waals surface area contributed by atoms with E-state index in [-0.39, 0.29) is 11.8 Å². The molecule has 0 spiro atoms. The first kappa shape index (κ1) is 22.8. The Balaban J connectivity index is 1.26. The molecule has 8 nitrogen and oxygen atoms in total. The number of carbonyl (C=O) groups is 1. The van der Waals surface area contributed by atoms with Gasteiger partial charge in [-0.3, -0.25) is 5.10 Å². The number of rotatable bonds is 4. The molecule has 4 N–H and O–H groups in total. The number of aromatic hydroxyl groups is 1. The van der Waals surface area contributed by atoms with Crippen LogP contribution in [0, 0.1) is 5.82 Å². The first-order chi connectivity index (χ1) is 18.0. The van der Waals surface area contributed by atoms with Crippen molar-refractivity contribution in [2.45, 2.75) is 26.3 Å². The lowest BCUT2D eigenvalue weighted by molar-refractivity contribution is 0.205. The molecular weight excluding hydrogens is 471 g/mol. The van der Waals surface area contributed by atoms with E-state index in [1.165, 1.54) is 12.1 Å². The van der Waals surface area contributed by atoms with Crippen molar-refractivity contribution in [3.63, 3.8) is 0 Å². The number of nitrogens with zero attached hydrogens (tertiary/aromatic N) is 3. The summed E-state index contributed by atoms with van der Waals surface area (Å²) in [5.74, 6) is -0.354. The molecule has 0 atom stereocenters. The Bertz CT molecular complexity index is 1630. The zero-order valence-electron chi connectivity index (χ0n) is 20.2. The molecule has 2 aromatic heterocycles. The standard InChI is InChI=1S/C28H25FN6O2/c1-2-16-13-25(36)21(29)14-20(16)17-8-9-19-23(12-17)33-34-26(19)27-31-22-10-11-35(15-24(22)32-27)28(37)30-18-6-4-3-5-7-18/h3-9,12-14,36H,2,10-11,15H2,1H3,(H,30,37)(H,31,32)(H,33,34). The van der Waals surface area contributed by atoms with Crippen molar-refractivity contribution >= 4 is 22.6 Å². The number of nitrogens with one attached hydrogen (secondary N) is 3. The van der Waals surface area contributed by atoms with Crippen LogP contribution < -0.4 is 5.32 Å². The molecule has 186 valence electrons. The molecule has 0 fully saturated rings. The number of imidazole rings is 1. The molecule has 6 rings (SSSR count). The summed E-state index contributed by atoms with van der Waals surface area (Å²) in [6, 6.07) is 17.9. The van der Waals surface area contributed by atoms with E-state index < -0.39 is 5.82 Å². The summed E-state index contributed by atoms with van der Waals surface area (Å²) in [5, 5.41) is 21.1. The average Bonchev–Trinajstić information content (AvgIpc) is 3.53. The van der Waals surface area contributed by atoms with E-state index in [4.69, 9.17) is 4.98 Å². The van der Waals surface area contributed by atoms with Crippen LogP contribution in [0.2, 0.25) is 0 Å². The highest BCUT2D eigenvalue weighted by Crippen LogP contribution is 2.34. The van der Waals surface area contributed by atoms with Crippen LogP contribution in [0.5, 0.6) is 5.75 Å². The van der Waals surface area contributed by atoms with Crippen LogP contribution in [0.25, 0.3) is 33.5 Å². The molecule has 5 aromatic rings. The highest BCUT2D eigenvalue weighted by Gasteiger charge is 2.25. The monoisotopic (exact) mass is 496 g/mol. The summed E-state index contributed by atoms with van der Waals surface area (Å²) in [5.41, 5.74) is 6.48. The van der Waals surface area contributed by atoms with Crippen LogP contribution in [-0.4, -0.2) is 42.7 Å². The number of urea groups is 1. The summed E-state index contributed by atoms with van der Waals surface area (Å²) in [6.07, 6.45) is 1.33. The molecule has 0 saturated carbocycles. The number of phenols is 1. The van der Waals surface area contributed by atoms with Gasteiger partial charge in [0.1, 0.15) is 5.69 Å². The van der Waals surface area contributed by atoms with E-state index in [9.17, 15) is 14.3 Å². The van der Waals surface area contributed by atoms with Gasteiger partial charge in [-0.15, -0.1) is 0 Å². The molecule has 1 aliphatic heterocycles. The van der Waals surface area contributed by atoms with E-state index in [0.717, 1.165) is 44.7 Å². The van der Waals surface area contributed by atoms with Crippen LogP contribution >= 0.6 is 0 Å². The van der Waals surface area contributed by atoms with Crippen LogP contribution in [0.1, 0.15) is 23.9 Å². The Morgan fingerprint density at radius 1 is 1.16 bits per heavy atom. The molecule has 0 aliphatic carbocycles. The quantitative estimate of drug-likeness (QED) is 0.259. The number of anilines is 1. The van der Waals surface area contributed by atoms with Crippen molar-refractivity contribution in [1.82, 2.24) is 25.1 Å². The molecular formula is C28H25FN6O2. The number of phenolic OH excluding ortho intramolecular Hbond substituents is 1. The molecule has 0 bridgehead atoms. The number of benzene rings is 3. The van der Waals surface area contributed by atoms with Gasteiger partial charge in [-0.1, -0.05) is 31.2 Å². The van der Waals surface area contributed by atoms with Gasteiger partial charge in [-0.25, -0.2) is 14.2 Å². The van der Waals surface area contributed by atoms with E-state index in [1.54, 1.807) is 4.90 Å². The van der Waals surface area contributed by atoms with Crippen molar-refractivity contribution < 1.29 is 14.3 Å². The van der Waals surface area contributed by atoms with Gasteiger partial charge in [0.25, 0.3) is 0 Å². The Labute approximate surface area is 212 Å². The lowest BCUT2D eigenvalue weighted by Crippen LogP contribution is -2.38. The van der Waals surface area contributed by atoms with Gasteiger partial charge >= 0.3 is 6.03 Å². The van der Waals surface area contributed by atoms with E-state index in [2.05, 4.69) is 20.5 Å². The summed E-state index contributed by atoms with van der Waals surface area (Å²) >= 11 is 0. The van der Waals surface area contributed by atoms with Crippen molar-refractivity contribution in [2.24, 2.45) is 0 Å². The third-order valence-electron chi connectivity index (χ3n) is 6.80. The topological polar surface area (TPSA) is 110 Å². The Morgan fingerprint density at radius 3 is 2.81 bits per heavy atom. The smallest absolute Gasteiger partial charge is 0.322 e. The van der Waals surface area contributed by atoms with Gasteiger partial charge in [-0.2, -0.15) is 5.10 Å². The number of hydrogen-bond donors (Lipinski definition) is 4. The fraction of sp³-hybridized carbons (Fsp3) is 0.179. The molecule has 9 heteroatoms. The summed E-state index contributed by atoms with van der Waals surface area (Å²) in [7, 11) is 0. The van der Waals surface area contributed by atoms with Crippen molar-refractivity contribution in [2.75, 3.05) is 11.9 Å². The second kappa shape index (κ2) is 9.09. The number of aromatic nitrogens is 4. The predicted molar refractivity (Wildman–Crippen MR) is 140 cm³/mol. The molecule has 2 amide bonds. The molecule has 0 unspecified atom stereocenters. The van der Waals surface area contributed by atoms with E-state index in [0.29, 0.717) is 37.4 Å². The first-order valence-electron chi connectivity index (χ1n) is 12.2. The fourth-order valence-corrected chi connectivity index (χ4v) is 4.83. The van der Waals surface area contributed by atoms with Gasteiger partial charge in [0.15, 0.2) is 17.4 Å². The number of fused-ring (bicyclic) bond motifs is 2. The molecule has 3 heterocycles. The van der Waals surface area contributed by atoms with Crippen molar-refractivity contribution in [1.29, 1.82) is 0 Å². The van der Waals surface area contributed by atoms with Gasteiger partial charge in [0, 0.05) is 29.7 Å². The summed E-state index contributed by atoms with van der Waals surface area (Å²) < 4.78 is 14.1.